The van der Waals surface area contributed by atoms with E-state index < -0.39 is 29.3 Å². The Labute approximate surface area is 161 Å². The van der Waals surface area contributed by atoms with Crippen molar-refractivity contribution in [2.45, 2.75) is 49.7 Å². The number of hydrogen-bond donors (Lipinski definition) is 3. The first-order valence-electron chi connectivity index (χ1n) is 9.79. The van der Waals surface area contributed by atoms with Gasteiger partial charge < -0.3 is 11.1 Å². The fraction of sp³-hybridized carbons (Fsp3) is 0.500. The number of carbonyl (C=O) groups is 4. The molecule has 3 fully saturated rings. The van der Waals surface area contributed by atoms with Crippen LogP contribution >= 0.6 is 0 Å². The van der Waals surface area contributed by atoms with Crippen LogP contribution in [0.5, 0.6) is 0 Å². The van der Waals surface area contributed by atoms with Crippen LogP contribution in [0.3, 0.4) is 0 Å². The van der Waals surface area contributed by atoms with E-state index in [0.717, 1.165) is 25.7 Å². The number of nitrogens with two attached hydrogens (primary N) is 1. The molecule has 28 heavy (non-hydrogen) atoms. The van der Waals surface area contributed by atoms with E-state index >= 15 is 0 Å². The second-order valence-electron chi connectivity index (χ2n) is 8.22. The molecule has 0 radical (unpaired) electrons. The van der Waals surface area contributed by atoms with Crippen LogP contribution in [0.4, 0.5) is 5.69 Å². The molecule has 146 valence electrons. The highest BCUT2D eigenvalue weighted by Gasteiger charge is 2.71. The third-order valence-electron chi connectivity index (χ3n) is 6.77. The Kier molecular flexibility index (Phi) is 3.64. The number of anilines is 1. The summed E-state index contributed by atoms with van der Waals surface area (Å²) in [6.45, 7) is 0. The van der Waals surface area contributed by atoms with Gasteiger partial charge in [0.2, 0.25) is 23.6 Å². The Morgan fingerprint density at radius 2 is 1.86 bits per heavy atom. The van der Waals surface area contributed by atoms with E-state index in [1.807, 2.05) is 0 Å². The molecule has 1 saturated carbocycles. The van der Waals surface area contributed by atoms with Crippen LogP contribution in [0, 0.1) is 11.8 Å². The molecule has 3 aliphatic heterocycles. The van der Waals surface area contributed by atoms with Gasteiger partial charge in [-0.25, -0.2) is 0 Å². The van der Waals surface area contributed by atoms with Crippen molar-refractivity contribution in [3.8, 4) is 0 Å². The monoisotopic (exact) mass is 382 g/mol. The van der Waals surface area contributed by atoms with Gasteiger partial charge in [-0.1, -0.05) is 31.0 Å². The molecule has 4 aliphatic rings. The first kappa shape index (κ1) is 17.4. The molecule has 4 amide bonds. The van der Waals surface area contributed by atoms with Gasteiger partial charge in [0, 0.05) is 29.8 Å². The zero-order chi connectivity index (χ0) is 19.6. The van der Waals surface area contributed by atoms with Crippen molar-refractivity contribution in [1.29, 1.82) is 0 Å². The number of fused-ring (bicyclic) bond motifs is 4. The molecule has 0 unspecified atom stereocenters. The Hall–Kier alpha value is -2.74. The summed E-state index contributed by atoms with van der Waals surface area (Å²) in [5.74, 6) is -3.15. The highest BCUT2D eigenvalue weighted by molar-refractivity contribution is 6.15. The van der Waals surface area contributed by atoms with Crippen molar-refractivity contribution in [3.05, 3.63) is 29.8 Å². The molecule has 2 saturated heterocycles. The molecule has 8 nitrogen and oxygen atoms in total. The Balaban J connectivity index is 1.64. The van der Waals surface area contributed by atoms with Gasteiger partial charge in [0.25, 0.3) is 0 Å². The number of rotatable bonds is 3. The number of nitrogens with zero attached hydrogens (tertiary/aromatic N) is 1. The van der Waals surface area contributed by atoms with Crippen LogP contribution < -0.4 is 16.4 Å². The fourth-order valence-corrected chi connectivity index (χ4v) is 5.69. The highest BCUT2D eigenvalue weighted by atomic mass is 16.2. The zero-order valence-electron chi connectivity index (χ0n) is 15.3. The lowest BCUT2D eigenvalue weighted by Gasteiger charge is -2.31. The number of carbonyl (C=O) groups excluding carboxylic acids is 4. The van der Waals surface area contributed by atoms with Crippen LogP contribution in [-0.4, -0.2) is 40.6 Å². The van der Waals surface area contributed by atoms with Gasteiger partial charge in [0.1, 0.15) is 5.54 Å². The van der Waals surface area contributed by atoms with Gasteiger partial charge >= 0.3 is 0 Å². The molecule has 5 rings (SSSR count). The molecule has 8 heteroatoms. The topological polar surface area (TPSA) is 122 Å². The highest BCUT2D eigenvalue weighted by Crippen LogP contribution is 2.54. The Morgan fingerprint density at radius 3 is 2.57 bits per heavy atom. The van der Waals surface area contributed by atoms with Gasteiger partial charge in [0.15, 0.2) is 0 Å². The summed E-state index contributed by atoms with van der Waals surface area (Å²) in [6.07, 6.45) is 3.44. The largest absolute Gasteiger partial charge is 0.370 e. The summed E-state index contributed by atoms with van der Waals surface area (Å²) in [4.78, 5) is 53.0. The van der Waals surface area contributed by atoms with Gasteiger partial charge in [-0.3, -0.25) is 29.4 Å². The number of imide groups is 1. The molecule has 1 aromatic carbocycles. The summed E-state index contributed by atoms with van der Waals surface area (Å²) in [7, 11) is 0. The summed E-state index contributed by atoms with van der Waals surface area (Å²) in [5, 5.41) is 6.03. The third kappa shape index (κ3) is 2.09. The number of primary amides is 1. The zero-order valence-corrected chi connectivity index (χ0v) is 15.3. The van der Waals surface area contributed by atoms with Gasteiger partial charge in [0.05, 0.1) is 11.8 Å². The van der Waals surface area contributed by atoms with E-state index in [4.69, 9.17) is 5.73 Å². The molecule has 4 atom stereocenters. The van der Waals surface area contributed by atoms with Crippen LogP contribution in [0.15, 0.2) is 24.3 Å². The SMILES string of the molecule is NC(=O)C[C@@H]1N[C@]2(C(=O)Nc3ccccc32)[C@@H]2C(=O)N(C3CCCC3)C(=O)[C@H]12. The third-order valence-corrected chi connectivity index (χ3v) is 6.77. The van der Waals surface area contributed by atoms with Crippen LogP contribution in [-0.2, 0) is 24.7 Å². The average molecular weight is 382 g/mol. The first-order valence-corrected chi connectivity index (χ1v) is 9.79. The number of amides is 4. The van der Waals surface area contributed by atoms with Crippen LogP contribution in [0.2, 0.25) is 0 Å². The second-order valence-corrected chi connectivity index (χ2v) is 8.22. The Bertz CT molecular complexity index is 909. The summed E-state index contributed by atoms with van der Waals surface area (Å²) in [5.41, 5.74) is 5.35. The molecule has 4 N–H and O–H groups in total. The number of nitrogens with one attached hydrogen (secondary N) is 2. The summed E-state index contributed by atoms with van der Waals surface area (Å²) < 4.78 is 0. The minimum Gasteiger partial charge on any atom is -0.370 e. The van der Waals surface area contributed by atoms with Crippen molar-refractivity contribution < 1.29 is 19.2 Å². The minimum atomic E-state index is -1.35. The fourth-order valence-electron chi connectivity index (χ4n) is 5.69. The minimum absolute atomic E-state index is 0.101. The standard InChI is InChI=1S/C20H22N4O4/c21-14(25)9-13-15-16(18(27)24(17(15)26)10-5-1-2-6-10)20(23-13)11-7-3-4-8-12(11)22-19(20)28/h3-4,7-8,10,13,15-16,23H,1-2,5-6,9H2,(H2,21,25)(H,22,28)/t13-,15+,16-,20-/m0/s1. The lowest BCUT2D eigenvalue weighted by atomic mass is 9.76. The molecule has 0 bridgehead atoms. The number of hydrogen-bond acceptors (Lipinski definition) is 5. The van der Waals surface area contributed by atoms with E-state index in [1.165, 1.54) is 4.90 Å². The Morgan fingerprint density at radius 1 is 1.14 bits per heavy atom. The van der Waals surface area contributed by atoms with Crippen molar-refractivity contribution in [2.75, 3.05) is 5.32 Å². The van der Waals surface area contributed by atoms with Gasteiger partial charge in [-0.2, -0.15) is 0 Å². The average Bonchev–Trinajstić information content (AvgIpc) is 3.37. The quantitative estimate of drug-likeness (QED) is 0.646. The maximum absolute atomic E-state index is 13.5. The smallest absolute Gasteiger partial charge is 0.250 e. The molecule has 3 heterocycles. The normalized spacial score (nSPS) is 34.2. The molecular formula is C20H22N4O4. The van der Waals surface area contributed by atoms with Crippen LogP contribution in [0.25, 0.3) is 0 Å². The van der Waals surface area contributed by atoms with E-state index in [0.29, 0.717) is 11.3 Å². The van der Waals surface area contributed by atoms with Crippen molar-refractivity contribution >= 4 is 29.3 Å². The van der Waals surface area contributed by atoms with E-state index in [2.05, 4.69) is 10.6 Å². The van der Waals surface area contributed by atoms with Gasteiger partial charge in [-0.05, 0) is 18.9 Å². The number of benzene rings is 1. The summed E-state index contributed by atoms with van der Waals surface area (Å²) >= 11 is 0. The molecule has 0 aromatic heterocycles. The first-order chi connectivity index (χ1) is 13.4. The molecule has 1 aromatic rings. The predicted molar refractivity (Wildman–Crippen MR) is 98.6 cm³/mol. The summed E-state index contributed by atoms with van der Waals surface area (Å²) in [6, 6.07) is 6.40. The van der Waals surface area contributed by atoms with Crippen molar-refractivity contribution in [1.82, 2.24) is 10.2 Å². The lowest BCUT2D eigenvalue weighted by Crippen LogP contribution is -2.54. The second kappa shape index (κ2) is 5.88. The lowest BCUT2D eigenvalue weighted by molar-refractivity contribution is -0.145. The van der Waals surface area contributed by atoms with E-state index in [9.17, 15) is 19.2 Å². The van der Waals surface area contributed by atoms with Crippen molar-refractivity contribution in [3.63, 3.8) is 0 Å². The van der Waals surface area contributed by atoms with Gasteiger partial charge in [-0.15, -0.1) is 0 Å². The van der Waals surface area contributed by atoms with Crippen molar-refractivity contribution in [2.24, 2.45) is 17.6 Å². The molecule has 1 aliphatic carbocycles. The number of para-hydroxylation sites is 1. The molecular weight excluding hydrogens is 360 g/mol. The predicted octanol–water partition coefficient (Wildman–Crippen LogP) is 0.225. The number of likely N-dealkylation sites (tertiary alicyclic amines) is 1. The maximum atomic E-state index is 13.5. The van der Waals surface area contributed by atoms with Crippen LogP contribution in [0.1, 0.15) is 37.7 Å². The maximum Gasteiger partial charge on any atom is 0.250 e. The molecule has 1 spiro atoms. The van der Waals surface area contributed by atoms with E-state index in [1.54, 1.807) is 24.3 Å². The van der Waals surface area contributed by atoms with E-state index in [-0.39, 0.29) is 30.2 Å².